The van der Waals surface area contributed by atoms with Gasteiger partial charge in [0.15, 0.2) is 5.82 Å². The van der Waals surface area contributed by atoms with E-state index in [1.807, 2.05) is 0 Å². The molecule has 1 atom stereocenters. The second-order valence-corrected chi connectivity index (χ2v) is 7.33. The smallest absolute Gasteiger partial charge is 0.244 e. The molecule has 118 valence electrons. The number of nitrogens with two attached hydrogens (primary N) is 1. The van der Waals surface area contributed by atoms with Crippen molar-refractivity contribution < 1.29 is 8.42 Å². The molecule has 0 saturated carbocycles. The van der Waals surface area contributed by atoms with Gasteiger partial charge in [-0.25, -0.2) is 24.0 Å². The van der Waals surface area contributed by atoms with Crippen LogP contribution in [0.3, 0.4) is 0 Å². The predicted octanol–water partition coefficient (Wildman–Crippen LogP) is 0.376. The molecule has 1 aliphatic rings. The number of aromatic nitrogens is 1. The average molecular weight is 313 g/mol. The third-order valence-electron chi connectivity index (χ3n) is 3.81. The highest BCUT2D eigenvalue weighted by Crippen LogP contribution is 2.20. The van der Waals surface area contributed by atoms with Crippen molar-refractivity contribution in [3.05, 3.63) is 18.3 Å². The van der Waals surface area contributed by atoms with Crippen LogP contribution in [0, 0.1) is 5.92 Å². The largest absolute Gasteiger partial charge is 0.307 e. The van der Waals surface area contributed by atoms with E-state index in [1.54, 1.807) is 6.07 Å². The number of hydrogen-bond acceptors (Lipinski definition) is 6. The van der Waals surface area contributed by atoms with Gasteiger partial charge >= 0.3 is 0 Å². The number of likely N-dealkylation sites (tertiary alicyclic amines) is 1. The molecule has 0 spiro atoms. The number of hydrogen-bond donors (Lipinski definition) is 3. The lowest BCUT2D eigenvalue weighted by Gasteiger charge is -2.20. The van der Waals surface area contributed by atoms with Gasteiger partial charge in [-0.1, -0.05) is 0 Å². The summed E-state index contributed by atoms with van der Waals surface area (Å²) in [4.78, 5) is 6.35. The van der Waals surface area contributed by atoms with Gasteiger partial charge in [-0.15, -0.1) is 0 Å². The fraction of sp³-hybridized carbons (Fsp3) is 0.615. The number of anilines is 1. The highest BCUT2D eigenvalue weighted by atomic mass is 32.2. The van der Waals surface area contributed by atoms with Crippen molar-refractivity contribution in [3.8, 4) is 0 Å². The van der Waals surface area contributed by atoms with Crippen LogP contribution in [0.4, 0.5) is 5.82 Å². The van der Waals surface area contributed by atoms with Crippen molar-refractivity contribution in [3.63, 3.8) is 0 Å². The molecule has 1 aromatic rings. The normalized spacial score (nSPS) is 20.1. The summed E-state index contributed by atoms with van der Waals surface area (Å²) >= 11 is 0. The van der Waals surface area contributed by atoms with E-state index in [-0.39, 0.29) is 10.7 Å². The minimum absolute atomic E-state index is 0.0752. The lowest BCUT2D eigenvalue weighted by molar-refractivity contribution is 0.265. The van der Waals surface area contributed by atoms with Gasteiger partial charge in [-0.3, -0.25) is 0 Å². The molecular formula is C13H23N5O2S. The Labute approximate surface area is 125 Å². The van der Waals surface area contributed by atoms with Gasteiger partial charge in [0.05, 0.1) is 0 Å². The van der Waals surface area contributed by atoms with Crippen LogP contribution >= 0.6 is 0 Å². The van der Waals surface area contributed by atoms with E-state index in [4.69, 9.17) is 5.84 Å². The van der Waals surface area contributed by atoms with E-state index in [1.165, 1.54) is 12.3 Å². The summed E-state index contributed by atoms with van der Waals surface area (Å²) in [6.07, 6.45) is 2.50. The third kappa shape index (κ3) is 3.91. The molecule has 1 aliphatic heterocycles. The van der Waals surface area contributed by atoms with Crippen molar-refractivity contribution in [1.29, 1.82) is 0 Å². The van der Waals surface area contributed by atoms with Crippen LogP contribution in [0.1, 0.15) is 20.3 Å². The van der Waals surface area contributed by atoms with E-state index in [2.05, 4.69) is 33.9 Å². The number of nitrogens with zero attached hydrogens (tertiary/aromatic N) is 2. The quantitative estimate of drug-likeness (QED) is 0.518. The van der Waals surface area contributed by atoms with Gasteiger partial charge in [0.25, 0.3) is 0 Å². The third-order valence-corrected chi connectivity index (χ3v) is 5.26. The van der Waals surface area contributed by atoms with Crippen LogP contribution in [-0.2, 0) is 10.0 Å². The zero-order valence-electron chi connectivity index (χ0n) is 12.4. The first kappa shape index (κ1) is 16.2. The molecule has 8 heteroatoms. The Morgan fingerprint density at radius 1 is 1.52 bits per heavy atom. The van der Waals surface area contributed by atoms with Gasteiger partial charge in [-0.2, -0.15) is 0 Å². The summed E-state index contributed by atoms with van der Waals surface area (Å²) in [5.41, 5.74) is 2.31. The van der Waals surface area contributed by atoms with Crippen LogP contribution in [0.25, 0.3) is 0 Å². The molecule has 0 bridgehead atoms. The van der Waals surface area contributed by atoms with Crippen molar-refractivity contribution in [1.82, 2.24) is 14.6 Å². The zero-order chi connectivity index (χ0) is 15.5. The summed E-state index contributed by atoms with van der Waals surface area (Å²) in [5.74, 6) is 5.80. The number of nitrogen functional groups attached to an aromatic ring is 1. The summed E-state index contributed by atoms with van der Waals surface area (Å²) in [5, 5.41) is 0. The van der Waals surface area contributed by atoms with Gasteiger partial charge in [-0.05, 0) is 44.9 Å². The van der Waals surface area contributed by atoms with Crippen LogP contribution in [-0.4, -0.2) is 44.0 Å². The van der Waals surface area contributed by atoms with Gasteiger partial charge in [0.2, 0.25) is 10.0 Å². The van der Waals surface area contributed by atoms with E-state index in [9.17, 15) is 8.42 Å². The van der Waals surface area contributed by atoms with Gasteiger partial charge in [0, 0.05) is 25.3 Å². The highest BCUT2D eigenvalue weighted by Gasteiger charge is 2.26. The molecule has 1 fully saturated rings. The topological polar surface area (TPSA) is 100 Å². The molecule has 21 heavy (non-hydrogen) atoms. The van der Waals surface area contributed by atoms with Crippen LogP contribution in [0.2, 0.25) is 0 Å². The molecule has 1 saturated heterocycles. The van der Waals surface area contributed by atoms with Crippen LogP contribution in [0.5, 0.6) is 0 Å². The molecule has 2 heterocycles. The summed E-state index contributed by atoms with van der Waals surface area (Å²) in [6, 6.07) is 3.56. The molecule has 0 aromatic carbocycles. The first-order chi connectivity index (χ1) is 9.94. The number of hydrazine groups is 1. The fourth-order valence-electron chi connectivity index (χ4n) is 2.52. The zero-order valence-corrected chi connectivity index (χ0v) is 13.2. The Hall–Kier alpha value is -1.22. The molecule has 2 rings (SSSR count). The maximum atomic E-state index is 12.3. The standard InChI is InChI=1S/C13H23N5O2S/c1-10(2)18-7-5-11(9-18)8-16-21(19,20)12-4-3-6-15-13(12)17-14/h3-4,6,10-11,16H,5,7-9,14H2,1-2H3,(H,15,17). The molecule has 0 amide bonds. The second kappa shape index (κ2) is 6.69. The Morgan fingerprint density at radius 3 is 2.90 bits per heavy atom. The number of nitrogens with one attached hydrogen (secondary N) is 2. The molecular weight excluding hydrogens is 290 g/mol. The van der Waals surface area contributed by atoms with Crippen LogP contribution in [0.15, 0.2) is 23.2 Å². The van der Waals surface area contributed by atoms with Crippen molar-refractivity contribution in [2.75, 3.05) is 25.1 Å². The molecule has 0 radical (unpaired) electrons. The second-order valence-electron chi connectivity index (χ2n) is 5.59. The van der Waals surface area contributed by atoms with Crippen molar-refractivity contribution in [2.24, 2.45) is 11.8 Å². The first-order valence-corrected chi connectivity index (χ1v) is 8.57. The summed E-state index contributed by atoms with van der Waals surface area (Å²) in [7, 11) is -3.60. The minimum atomic E-state index is -3.60. The van der Waals surface area contributed by atoms with E-state index in [0.29, 0.717) is 18.5 Å². The Balaban J connectivity index is 1.99. The lowest BCUT2D eigenvalue weighted by atomic mass is 10.1. The van der Waals surface area contributed by atoms with Crippen LogP contribution < -0.4 is 16.0 Å². The molecule has 0 aliphatic carbocycles. The number of sulfonamides is 1. The summed E-state index contributed by atoms with van der Waals surface area (Å²) in [6.45, 7) is 6.69. The van der Waals surface area contributed by atoms with Crippen molar-refractivity contribution in [2.45, 2.75) is 31.2 Å². The van der Waals surface area contributed by atoms with Gasteiger partial charge in [0.1, 0.15) is 4.90 Å². The van der Waals surface area contributed by atoms with Crippen molar-refractivity contribution >= 4 is 15.8 Å². The Kier molecular flexibility index (Phi) is 5.15. The average Bonchev–Trinajstić information content (AvgIpc) is 2.94. The van der Waals surface area contributed by atoms with E-state index < -0.39 is 10.0 Å². The highest BCUT2D eigenvalue weighted by molar-refractivity contribution is 7.89. The summed E-state index contributed by atoms with van der Waals surface area (Å²) < 4.78 is 27.3. The Morgan fingerprint density at radius 2 is 2.29 bits per heavy atom. The van der Waals surface area contributed by atoms with Gasteiger partial charge < -0.3 is 10.3 Å². The van der Waals surface area contributed by atoms with E-state index >= 15 is 0 Å². The predicted molar refractivity (Wildman–Crippen MR) is 82.1 cm³/mol. The molecule has 1 aromatic heterocycles. The minimum Gasteiger partial charge on any atom is -0.307 e. The Bertz CT molecular complexity index is 576. The number of rotatable bonds is 6. The SMILES string of the molecule is CC(C)N1CCC(CNS(=O)(=O)c2cccnc2NN)C1. The molecule has 4 N–H and O–H groups in total. The first-order valence-electron chi connectivity index (χ1n) is 7.09. The molecule has 7 nitrogen and oxygen atoms in total. The maximum Gasteiger partial charge on any atom is 0.244 e. The lowest BCUT2D eigenvalue weighted by Crippen LogP contribution is -2.33. The maximum absolute atomic E-state index is 12.3. The number of pyridine rings is 1. The fourth-order valence-corrected chi connectivity index (χ4v) is 3.75. The molecule has 1 unspecified atom stereocenters. The van der Waals surface area contributed by atoms with E-state index in [0.717, 1.165) is 19.5 Å². The monoisotopic (exact) mass is 313 g/mol.